The van der Waals surface area contributed by atoms with Crippen LogP contribution in [0.4, 0.5) is 5.69 Å². The minimum Gasteiger partial charge on any atom is -0.350 e. The number of hydrogen-bond donors (Lipinski definition) is 1. The fourth-order valence-electron chi connectivity index (χ4n) is 2.87. The first-order valence-corrected chi connectivity index (χ1v) is 9.99. The largest absolute Gasteiger partial charge is 0.350 e. The number of carbonyl (C=O) groups excluding carboxylic acids is 2. The lowest BCUT2D eigenvalue weighted by Gasteiger charge is -2.29. The summed E-state index contributed by atoms with van der Waals surface area (Å²) in [6.45, 7) is 3.73. The number of rotatable bonds is 3. The molecule has 2 aromatic rings. The Morgan fingerprint density at radius 3 is 2.38 bits per heavy atom. The maximum atomic E-state index is 12.9. The Kier molecular flexibility index (Phi) is 4.82. The van der Waals surface area contributed by atoms with E-state index >= 15 is 0 Å². The van der Waals surface area contributed by atoms with Crippen LogP contribution in [0, 0.1) is 0 Å². The molecule has 1 aliphatic heterocycles. The second-order valence-electron chi connectivity index (χ2n) is 6.45. The zero-order chi connectivity index (χ0) is 18.9. The van der Waals surface area contributed by atoms with Crippen LogP contribution in [0.3, 0.4) is 0 Å². The van der Waals surface area contributed by atoms with E-state index in [1.165, 1.54) is 23.1 Å². The number of hydrogen-bond acceptors (Lipinski definition) is 4. The van der Waals surface area contributed by atoms with Gasteiger partial charge in [-0.2, -0.15) is 0 Å². The van der Waals surface area contributed by atoms with Gasteiger partial charge in [0, 0.05) is 23.7 Å². The summed E-state index contributed by atoms with van der Waals surface area (Å²) in [5.41, 5.74) is 1.04. The Balaban J connectivity index is 2.06. The minimum absolute atomic E-state index is 0.0516. The number of carbonyl (C=O) groups is 2. The second-order valence-corrected chi connectivity index (χ2v) is 8.53. The zero-order valence-corrected chi connectivity index (χ0v) is 15.4. The minimum atomic E-state index is -3.48. The summed E-state index contributed by atoms with van der Waals surface area (Å²) in [6, 6.07) is 13.0. The Morgan fingerprint density at radius 2 is 1.73 bits per heavy atom. The van der Waals surface area contributed by atoms with Gasteiger partial charge < -0.3 is 10.2 Å². The van der Waals surface area contributed by atoms with Gasteiger partial charge in [0.05, 0.1) is 16.3 Å². The van der Waals surface area contributed by atoms with Crippen molar-refractivity contribution in [1.29, 1.82) is 0 Å². The van der Waals surface area contributed by atoms with Crippen molar-refractivity contribution in [3.8, 4) is 0 Å². The molecule has 0 spiro atoms. The fourth-order valence-corrected chi connectivity index (χ4v) is 4.27. The second kappa shape index (κ2) is 6.92. The average molecular weight is 372 g/mol. The normalized spacial score (nSPS) is 15.4. The molecule has 0 bridgehead atoms. The summed E-state index contributed by atoms with van der Waals surface area (Å²) in [5.74, 6) is -0.739. The molecule has 7 heteroatoms. The third-order valence-corrected chi connectivity index (χ3v) is 5.85. The van der Waals surface area contributed by atoms with E-state index in [4.69, 9.17) is 0 Å². The third kappa shape index (κ3) is 3.48. The first-order chi connectivity index (χ1) is 12.3. The van der Waals surface area contributed by atoms with Gasteiger partial charge in [0.15, 0.2) is 9.84 Å². The summed E-state index contributed by atoms with van der Waals surface area (Å²) in [7, 11) is -3.48. The molecule has 0 fully saturated rings. The van der Waals surface area contributed by atoms with Crippen molar-refractivity contribution >= 4 is 27.3 Å². The third-order valence-electron chi connectivity index (χ3n) is 4.12. The molecule has 1 heterocycles. The van der Waals surface area contributed by atoms with Gasteiger partial charge >= 0.3 is 0 Å². The summed E-state index contributed by atoms with van der Waals surface area (Å²) in [4.78, 5) is 26.7. The standard InChI is InChI=1S/C19H20N2O4S/c1-13(2)20-18(22)15-8-9-17-16(12-15)21(10-11-26(17,24)25)19(23)14-6-4-3-5-7-14/h3-9,12-13H,10-11H2,1-2H3,(H,20,22). The molecule has 0 radical (unpaired) electrons. The van der Waals surface area contributed by atoms with Crippen LogP contribution in [0.5, 0.6) is 0 Å². The predicted octanol–water partition coefficient (Wildman–Crippen LogP) is 2.26. The highest BCUT2D eigenvalue weighted by Crippen LogP contribution is 2.32. The monoisotopic (exact) mass is 372 g/mol. The quantitative estimate of drug-likeness (QED) is 0.896. The Morgan fingerprint density at radius 1 is 1.04 bits per heavy atom. The van der Waals surface area contributed by atoms with Gasteiger partial charge in [-0.25, -0.2) is 8.42 Å². The van der Waals surface area contributed by atoms with E-state index in [-0.39, 0.29) is 40.7 Å². The van der Waals surface area contributed by atoms with Crippen LogP contribution >= 0.6 is 0 Å². The highest BCUT2D eigenvalue weighted by molar-refractivity contribution is 7.91. The number of sulfone groups is 1. The number of fused-ring (bicyclic) bond motifs is 1. The van der Waals surface area contributed by atoms with Gasteiger partial charge in [0.2, 0.25) is 0 Å². The number of amides is 2. The topological polar surface area (TPSA) is 83.6 Å². The van der Waals surface area contributed by atoms with Crippen molar-refractivity contribution in [2.24, 2.45) is 0 Å². The molecular formula is C19H20N2O4S. The molecule has 0 aromatic heterocycles. The lowest BCUT2D eigenvalue weighted by atomic mass is 10.1. The van der Waals surface area contributed by atoms with Crippen LogP contribution in [0.25, 0.3) is 0 Å². The summed E-state index contributed by atoms with van der Waals surface area (Å²) < 4.78 is 24.8. The molecule has 0 unspecified atom stereocenters. The molecule has 3 rings (SSSR count). The van der Waals surface area contributed by atoms with Crippen LogP contribution in [0.2, 0.25) is 0 Å². The average Bonchev–Trinajstić information content (AvgIpc) is 2.61. The van der Waals surface area contributed by atoms with E-state index in [0.29, 0.717) is 11.1 Å². The first kappa shape index (κ1) is 18.1. The summed E-state index contributed by atoms with van der Waals surface area (Å²) in [6.07, 6.45) is 0. The Hall–Kier alpha value is -2.67. The van der Waals surface area contributed by atoms with E-state index in [9.17, 15) is 18.0 Å². The molecule has 136 valence electrons. The van der Waals surface area contributed by atoms with Crippen molar-refractivity contribution in [2.75, 3.05) is 17.2 Å². The van der Waals surface area contributed by atoms with E-state index in [1.807, 2.05) is 13.8 Å². The number of nitrogens with zero attached hydrogens (tertiary/aromatic N) is 1. The van der Waals surface area contributed by atoms with Crippen LogP contribution in [0.1, 0.15) is 34.6 Å². The molecule has 2 amide bonds. The van der Waals surface area contributed by atoms with Crippen molar-refractivity contribution in [3.63, 3.8) is 0 Å². The van der Waals surface area contributed by atoms with Crippen LogP contribution < -0.4 is 10.2 Å². The zero-order valence-electron chi connectivity index (χ0n) is 14.6. The SMILES string of the molecule is CC(C)NC(=O)c1ccc2c(c1)N(C(=O)c1ccccc1)CCS2(=O)=O. The number of anilines is 1. The lowest BCUT2D eigenvalue weighted by molar-refractivity contribution is 0.0940. The molecule has 0 atom stereocenters. The van der Waals surface area contributed by atoms with Gasteiger partial charge in [-0.05, 0) is 44.2 Å². The smallest absolute Gasteiger partial charge is 0.258 e. The highest BCUT2D eigenvalue weighted by Gasteiger charge is 2.32. The van der Waals surface area contributed by atoms with E-state index in [1.54, 1.807) is 30.3 Å². The molecule has 0 aliphatic carbocycles. The fraction of sp³-hybridized carbons (Fsp3) is 0.263. The van der Waals surface area contributed by atoms with Gasteiger partial charge in [0.25, 0.3) is 11.8 Å². The molecule has 1 N–H and O–H groups in total. The first-order valence-electron chi connectivity index (χ1n) is 8.34. The molecular weight excluding hydrogens is 352 g/mol. The van der Waals surface area contributed by atoms with Gasteiger partial charge in [0.1, 0.15) is 0 Å². The maximum Gasteiger partial charge on any atom is 0.258 e. The van der Waals surface area contributed by atoms with E-state index in [2.05, 4.69) is 5.32 Å². The maximum absolute atomic E-state index is 12.9. The van der Waals surface area contributed by atoms with Crippen molar-refractivity contribution in [1.82, 2.24) is 5.32 Å². The molecule has 0 saturated carbocycles. The van der Waals surface area contributed by atoms with Crippen LogP contribution in [0.15, 0.2) is 53.4 Å². The number of nitrogens with one attached hydrogen (secondary N) is 1. The molecule has 0 saturated heterocycles. The molecule has 6 nitrogen and oxygen atoms in total. The predicted molar refractivity (Wildman–Crippen MR) is 99.2 cm³/mol. The summed E-state index contributed by atoms with van der Waals surface area (Å²) in [5, 5.41) is 2.77. The van der Waals surface area contributed by atoms with E-state index in [0.717, 1.165) is 0 Å². The van der Waals surface area contributed by atoms with Gasteiger partial charge in [-0.15, -0.1) is 0 Å². The molecule has 1 aliphatic rings. The van der Waals surface area contributed by atoms with Crippen molar-refractivity contribution in [2.45, 2.75) is 24.8 Å². The molecule has 26 heavy (non-hydrogen) atoms. The van der Waals surface area contributed by atoms with Crippen LogP contribution in [-0.4, -0.2) is 38.6 Å². The highest BCUT2D eigenvalue weighted by atomic mass is 32.2. The number of benzene rings is 2. The summed E-state index contributed by atoms with van der Waals surface area (Å²) >= 11 is 0. The van der Waals surface area contributed by atoms with Crippen molar-refractivity contribution in [3.05, 3.63) is 59.7 Å². The van der Waals surface area contributed by atoms with Gasteiger partial charge in [-0.1, -0.05) is 18.2 Å². The Labute approximate surface area is 152 Å². The Bertz CT molecular complexity index is 953. The van der Waals surface area contributed by atoms with Crippen molar-refractivity contribution < 1.29 is 18.0 Å². The van der Waals surface area contributed by atoms with Crippen LogP contribution in [-0.2, 0) is 9.84 Å². The lowest BCUT2D eigenvalue weighted by Crippen LogP contribution is -2.40. The van der Waals surface area contributed by atoms with E-state index < -0.39 is 9.84 Å². The van der Waals surface area contributed by atoms with Gasteiger partial charge in [-0.3, -0.25) is 9.59 Å². The molecule has 2 aromatic carbocycles.